The smallest absolute Gasteiger partial charge is 0.295 e. The zero-order chi connectivity index (χ0) is 14.0. The minimum Gasteiger partial charge on any atom is -0.457 e. The molecule has 2 aromatic carbocycles. The molecular formula is C14H14N2O3. The van der Waals surface area contributed by atoms with Crippen LogP contribution in [-0.4, -0.2) is 4.92 Å². The summed E-state index contributed by atoms with van der Waals surface area (Å²) in [6.45, 7) is 3.85. The van der Waals surface area contributed by atoms with Crippen molar-refractivity contribution < 1.29 is 9.66 Å². The molecular weight excluding hydrogens is 244 g/mol. The number of nitro benzene ring substituents is 1. The SMILES string of the molecule is Cc1cccc(C)c1Oc1ccc(N)c([N+](=O)[O-])c1. The number of nitrogen functional groups attached to an aromatic ring is 1. The van der Waals surface area contributed by atoms with Gasteiger partial charge in [0.1, 0.15) is 17.2 Å². The first-order valence-corrected chi connectivity index (χ1v) is 5.77. The Morgan fingerprint density at radius 2 is 1.79 bits per heavy atom. The summed E-state index contributed by atoms with van der Waals surface area (Å²) in [6.07, 6.45) is 0. The van der Waals surface area contributed by atoms with Crippen LogP contribution in [0.15, 0.2) is 36.4 Å². The number of rotatable bonds is 3. The van der Waals surface area contributed by atoms with Crippen molar-refractivity contribution >= 4 is 11.4 Å². The number of hydrogen-bond donors (Lipinski definition) is 1. The van der Waals surface area contributed by atoms with Crippen molar-refractivity contribution in [2.24, 2.45) is 0 Å². The predicted octanol–water partition coefficient (Wildman–Crippen LogP) is 3.59. The van der Waals surface area contributed by atoms with Crippen LogP contribution in [0.2, 0.25) is 0 Å². The Labute approximate surface area is 110 Å². The van der Waals surface area contributed by atoms with Crippen molar-refractivity contribution in [1.82, 2.24) is 0 Å². The lowest BCUT2D eigenvalue weighted by molar-refractivity contribution is -0.384. The molecule has 5 heteroatoms. The van der Waals surface area contributed by atoms with E-state index in [1.165, 1.54) is 12.1 Å². The maximum atomic E-state index is 10.8. The van der Waals surface area contributed by atoms with Crippen LogP contribution in [0, 0.1) is 24.0 Å². The number of aryl methyl sites for hydroxylation is 2. The van der Waals surface area contributed by atoms with Crippen LogP contribution in [0.4, 0.5) is 11.4 Å². The summed E-state index contributed by atoms with van der Waals surface area (Å²) in [6, 6.07) is 10.2. The quantitative estimate of drug-likeness (QED) is 0.518. The number of para-hydroxylation sites is 1. The summed E-state index contributed by atoms with van der Waals surface area (Å²) < 4.78 is 5.73. The van der Waals surface area contributed by atoms with Crippen molar-refractivity contribution in [3.05, 3.63) is 57.6 Å². The molecule has 0 aliphatic rings. The van der Waals surface area contributed by atoms with Crippen LogP contribution in [0.3, 0.4) is 0 Å². The summed E-state index contributed by atoms with van der Waals surface area (Å²) in [4.78, 5) is 10.3. The molecule has 0 saturated heterocycles. The van der Waals surface area contributed by atoms with Gasteiger partial charge in [0.05, 0.1) is 11.0 Å². The summed E-state index contributed by atoms with van der Waals surface area (Å²) >= 11 is 0. The molecule has 0 aromatic heterocycles. The van der Waals surface area contributed by atoms with E-state index in [1.807, 2.05) is 32.0 Å². The fourth-order valence-corrected chi connectivity index (χ4v) is 1.82. The van der Waals surface area contributed by atoms with Crippen molar-refractivity contribution in [1.29, 1.82) is 0 Å². The van der Waals surface area contributed by atoms with E-state index in [4.69, 9.17) is 10.5 Å². The van der Waals surface area contributed by atoms with Gasteiger partial charge in [-0.1, -0.05) is 18.2 Å². The molecule has 19 heavy (non-hydrogen) atoms. The maximum Gasteiger partial charge on any atom is 0.295 e. The van der Waals surface area contributed by atoms with Crippen molar-refractivity contribution in [3.8, 4) is 11.5 Å². The molecule has 0 spiro atoms. The molecule has 0 unspecified atom stereocenters. The fourth-order valence-electron chi connectivity index (χ4n) is 1.82. The van der Waals surface area contributed by atoms with Gasteiger partial charge in [-0.2, -0.15) is 0 Å². The van der Waals surface area contributed by atoms with Crippen molar-refractivity contribution in [2.45, 2.75) is 13.8 Å². The molecule has 0 heterocycles. The van der Waals surface area contributed by atoms with Gasteiger partial charge >= 0.3 is 0 Å². The highest BCUT2D eigenvalue weighted by Gasteiger charge is 2.14. The third-order valence-electron chi connectivity index (χ3n) is 2.83. The van der Waals surface area contributed by atoms with E-state index in [-0.39, 0.29) is 11.4 Å². The first-order valence-electron chi connectivity index (χ1n) is 5.77. The van der Waals surface area contributed by atoms with Crippen LogP contribution in [0.5, 0.6) is 11.5 Å². The average molecular weight is 258 g/mol. The topological polar surface area (TPSA) is 78.4 Å². The molecule has 2 N–H and O–H groups in total. The van der Waals surface area contributed by atoms with Crippen LogP contribution in [0.25, 0.3) is 0 Å². The Balaban J connectivity index is 2.39. The van der Waals surface area contributed by atoms with E-state index in [0.717, 1.165) is 11.1 Å². The second-order valence-corrected chi connectivity index (χ2v) is 4.30. The second-order valence-electron chi connectivity index (χ2n) is 4.30. The fraction of sp³-hybridized carbons (Fsp3) is 0.143. The van der Waals surface area contributed by atoms with Gasteiger partial charge in [0, 0.05) is 0 Å². The van der Waals surface area contributed by atoms with E-state index in [0.29, 0.717) is 11.5 Å². The van der Waals surface area contributed by atoms with Gasteiger partial charge in [-0.25, -0.2) is 0 Å². The minimum atomic E-state index is -0.521. The van der Waals surface area contributed by atoms with E-state index in [1.54, 1.807) is 6.07 Å². The van der Waals surface area contributed by atoms with Gasteiger partial charge in [-0.15, -0.1) is 0 Å². The molecule has 0 bridgehead atoms. The lowest BCUT2D eigenvalue weighted by atomic mass is 10.1. The first kappa shape index (κ1) is 12.9. The molecule has 0 radical (unpaired) electrons. The van der Waals surface area contributed by atoms with Gasteiger partial charge in [0.2, 0.25) is 0 Å². The lowest BCUT2D eigenvalue weighted by Gasteiger charge is -2.11. The highest BCUT2D eigenvalue weighted by Crippen LogP contribution is 2.32. The zero-order valence-corrected chi connectivity index (χ0v) is 10.7. The molecule has 0 aliphatic carbocycles. The maximum absolute atomic E-state index is 10.8. The summed E-state index contributed by atoms with van der Waals surface area (Å²) in [7, 11) is 0. The van der Waals surface area contributed by atoms with E-state index in [2.05, 4.69) is 0 Å². The number of hydrogen-bond acceptors (Lipinski definition) is 4. The van der Waals surface area contributed by atoms with Gasteiger partial charge in [0.25, 0.3) is 5.69 Å². The van der Waals surface area contributed by atoms with Crippen LogP contribution >= 0.6 is 0 Å². The molecule has 2 aromatic rings. The third kappa shape index (κ3) is 2.65. The molecule has 0 atom stereocenters. The van der Waals surface area contributed by atoms with Crippen LogP contribution in [-0.2, 0) is 0 Å². The number of benzene rings is 2. The standard InChI is InChI=1S/C14H14N2O3/c1-9-4-3-5-10(2)14(9)19-11-6-7-12(15)13(8-11)16(17)18/h3-8H,15H2,1-2H3. The monoisotopic (exact) mass is 258 g/mol. The number of anilines is 1. The Morgan fingerprint density at radius 3 is 2.37 bits per heavy atom. The number of ether oxygens (including phenoxy) is 1. The normalized spacial score (nSPS) is 10.2. The summed E-state index contributed by atoms with van der Waals surface area (Å²) in [5, 5.41) is 10.8. The van der Waals surface area contributed by atoms with E-state index >= 15 is 0 Å². The molecule has 2 rings (SSSR count). The average Bonchev–Trinajstić information content (AvgIpc) is 2.35. The number of nitro groups is 1. The van der Waals surface area contributed by atoms with Gasteiger partial charge in [-0.05, 0) is 37.1 Å². The largest absolute Gasteiger partial charge is 0.457 e. The Hall–Kier alpha value is -2.56. The van der Waals surface area contributed by atoms with Crippen molar-refractivity contribution in [2.75, 3.05) is 5.73 Å². The molecule has 0 saturated carbocycles. The molecule has 5 nitrogen and oxygen atoms in total. The summed E-state index contributed by atoms with van der Waals surface area (Å²) in [5.41, 5.74) is 7.46. The highest BCUT2D eigenvalue weighted by atomic mass is 16.6. The Bertz CT molecular complexity index is 618. The summed E-state index contributed by atoms with van der Waals surface area (Å²) in [5.74, 6) is 1.11. The van der Waals surface area contributed by atoms with E-state index < -0.39 is 4.92 Å². The zero-order valence-electron chi connectivity index (χ0n) is 10.7. The second kappa shape index (κ2) is 4.97. The Kier molecular flexibility index (Phi) is 3.37. The molecule has 0 aliphatic heterocycles. The highest BCUT2D eigenvalue weighted by molar-refractivity contribution is 5.61. The predicted molar refractivity (Wildman–Crippen MR) is 73.5 cm³/mol. The molecule has 0 fully saturated rings. The van der Waals surface area contributed by atoms with E-state index in [9.17, 15) is 10.1 Å². The Morgan fingerprint density at radius 1 is 1.16 bits per heavy atom. The van der Waals surface area contributed by atoms with Crippen molar-refractivity contribution in [3.63, 3.8) is 0 Å². The molecule has 0 amide bonds. The number of nitrogens with two attached hydrogens (primary N) is 1. The minimum absolute atomic E-state index is 0.124. The lowest BCUT2D eigenvalue weighted by Crippen LogP contribution is -1.97. The molecule has 98 valence electrons. The van der Waals surface area contributed by atoms with Gasteiger partial charge in [-0.3, -0.25) is 10.1 Å². The number of nitrogens with zero attached hydrogens (tertiary/aromatic N) is 1. The van der Waals surface area contributed by atoms with Crippen LogP contribution < -0.4 is 10.5 Å². The van der Waals surface area contributed by atoms with Crippen LogP contribution in [0.1, 0.15) is 11.1 Å². The van der Waals surface area contributed by atoms with Gasteiger partial charge < -0.3 is 10.5 Å². The van der Waals surface area contributed by atoms with Gasteiger partial charge in [0.15, 0.2) is 0 Å². The first-order chi connectivity index (χ1) is 8.99. The third-order valence-corrected chi connectivity index (χ3v) is 2.83.